The third-order valence-electron chi connectivity index (χ3n) is 4.51. The van der Waals surface area contributed by atoms with E-state index < -0.39 is 0 Å². The van der Waals surface area contributed by atoms with E-state index in [1.807, 2.05) is 24.3 Å². The summed E-state index contributed by atoms with van der Waals surface area (Å²) in [5.41, 5.74) is 1.12. The van der Waals surface area contributed by atoms with Crippen LogP contribution in [0.2, 0.25) is 0 Å². The van der Waals surface area contributed by atoms with Gasteiger partial charge >= 0.3 is 5.69 Å². The van der Waals surface area contributed by atoms with Crippen LogP contribution >= 0.6 is 15.9 Å². The van der Waals surface area contributed by atoms with Gasteiger partial charge in [-0.25, -0.2) is 9.78 Å². The maximum Gasteiger partial charge on any atom is 0.332 e. The molecule has 2 aromatic carbocycles. The molecule has 0 N–H and O–H groups in total. The Morgan fingerprint density at radius 2 is 1.72 bits per heavy atom. The number of nitrogens with zero attached hydrogens (tertiary/aromatic N) is 4. The summed E-state index contributed by atoms with van der Waals surface area (Å²) in [6, 6.07) is 14.2. The SMILES string of the molecule is Cn1c(=O)c2c(nc(Br)n2Cc2cccc3ccccc23)n(C)c1=O. The Bertz CT molecular complexity index is 1240. The molecule has 4 rings (SSSR count). The number of aromatic nitrogens is 4. The second-order valence-corrected chi connectivity index (χ2v) is 6.69. The third-order valence-corrected chi connectivity index (χ3v) is 5.12. The molecule has 0 spiro atoms. The number of imidazole rings is 1. The van der Waals surface area contributed by atoms with E-state index >= 15 is 0 Å². The molecule has 25 heavy (non-hydrogen) atoms. The molecule has 0 bridgehead atoms. The maximum atomic E-state index is 12.7. The van der Waals surface area contributed by atoms with Crippen LogP contribution in [0.4, 0.5) is 0 Å². The predicted molar refractivity (Wildman–Crippen MR) is 101 cm³/mol. The van der Waals surface area contributed by atoms with Gasteiger partial charge in [0.15, 0.2) is 15.9 Å². The molecule has 7 heteroatoms. The van der Waals surface area contributed by atoms with Crippen LogP contribution in [0.25, 0.3) is 21.9 Å². The zero-order chi connectivity index (χ0) is 17.7. The van der Waals surface area contributed by atoms with Crippen molar-refractivity contribution in [3.8, 4) is 0 Å². The first-order valence-electron chi connectivity index (χ1n) is 7.77. The Balaban J connectivity index is 2.00. The minimum Gasteiger partial charge on any atom is -0.308 e. The standard InChI is InChI=1S/C18H15BrN4O2/c1-21-15-14(16(24)22(2)18(21)25)23(17(19)20-15)10-12-8-5-7-11-6-3-4-9-13(11)12/h3-9H,10H2,1-2H3. The molecule has 0 aliphatic heterocycles. The van der Waals surface area contributed by atoms with Crippen molar-refractivity contribution in [2.24, 2.45) is 14.1 Å². The van der Waals surface area contributed by atoms with E-state index in [4.69, 9.17) is 0 Å². The molecule has 126 valence electrons. The van der Waals surface area contributed by atoms with E-state index in [0.29, 0.717) is 22.4 Å². The smallest absolute Gasteiger partial charge is 0.308 e. The van der Waals surface area contributed by atoms with Crippen molar-refractivity contribution in [2.75, 3.05) is 0 Å². The van der Waals surface area contributed by atoms with Gasteiger partial charge in [-0.1, -0.05) is 42.5 Å². The van der Waals surface area contributed by atoms with E-state index in [1.165, 1.54) is 11.6 Å². The highest BCUT2D eigenvalue weighted by Crippen LogP contribution is 2.23. The van der Waals surface area contributed by atoms with Gasteiger partial charge in [0.2, 0.25) is 0 Å². The zero-order valence-corrected chi connectivity index (χ0v) is 15.3. The number of benzene rings is 2. The molecular weight excluding hydrogens is 384 g/mol. The van der Waals surface area contributed by atoms with Gasteiger partial charge in [0, 0.05) is 14.1 Å². The average Bonchev–Trinajstić information content (AvgIpc) is 2.95. The van der Waals surface area contributed by atoms with Crippen molar-refractivity contribution in [2.45, 2.75) is 6.54 Å². The summed E-state index contributed by atoms with van der Waals surface area (Å²) in [5, 5.41) is 2.27. The molecule has 0 amide bonds. The van der Waals surface area contributed by atoms with Crippen LogP contribution in [-0.4, -0.2) is 18.7 Å². The first kappa shape index (κ1) is 15.8. The van der Waals surface area contributed by atoms with Crippen LogP contribution in [-0.2, 0) is 20.6 Å². The highest BCUT2D eigenvalue weighted by molar-refractivity contribution is 9.10. The fourth-order valence-electron chi connectivity index (χ4n) is 3.16. The number of rotatable bonds is 2. The van der Waals surface area contributed by atoms with Crippen molar-refractivity contribution in [1.29, 1.82) is 0 Å². The molecule has 0 fully saturated rings. The number of aryl methyl sites for hydroxylation is 1. The van der Waals surface area contributed by atoms with Crippen LogP contribution in [0.3, 0.4) is 0 Å². The summed E-state index contributed by atoms with van der Waals surface area (Å²) in [4.78, 5) is 29.2. The molecule has 0 unspecified atom stereocenters. The van der Waals surface area contributed by atoms with E-state index in [9.17, 15) is 9.59 Å². The Morgan fingerprint density at radius 1 is 1.00 bits per heavy atom. The highest BCUT2D eigenvalue weighted by Gasteiger charge is 2.18. The third kappa shape index (κ3) is 2.34. The Labute approximate surface area is 151 Å². The summed E-state index contributed by atoms with van der Waals surface area (Å²) in [7, 11) is 3.10. The fourth-order valence-corrected chi connectivity index (χ4v) is 3.64. The zero-order valence-electron chi connectivity index (χ0n) is 13.7. The molecule has 0 radical (unpaired) electrons. The second-order valence-electron chi connectivity index (χ2n) is 5.98. The van der Waals surface area contributed by atoms with Gasteiger partial charge in [-0.3, -0.25) is 13.9 Å². The fraction of sp³-hybridized carbons (Fsp3) is 0.167. The Morgan fingerprint density at radius 3 is 2.52 bits per heavy atom. The first-order chi connectivity index (χ1) is 12.0. The van der Waals surface area contributed by atoms with Crippen LogP contribution in [0.5, 0.6) is 0 Å². The van der Waals surface area contributed by atoms with Crippen molar-refractivity contribution in [3.05, 3.63) is 73.6 Å². The van der Waals surface area contributed by atoms with Crippen molar-refractivity contribution < 1.29 is 0 Å². The predicted octanol–water partition coefficient (Wildman–Crippen LogP) is 2.40. The lowest BCUT2D eigenvalue weighted by atomic mass is 10.0. The molecule has 0 saturated heterocycles. The van der Waals surface area contributed by atoms with Gasteiger partial charge in [0.05, 0.1) is 6.54 Å². The van der Waals surface area contributed by atoms with Gasteiger partial charge in [-0.05, 0) is 32.3 Å². The largest absolute Gasteiger partial charge is 0.332 e. The number of hydrogen-bond acceptors (Lipinski definition) is 3. The van der Waals surface area contributed by atoms with E-state index in [-0.39, 0.29) is 11.2 Å². The lowest BCUT2D eigenvalue weighted by Crippen LogP contribution is -2.37. The molecule has 2 aromatic heterocycles. The monoisotopic (exact) mass is 398 g/mol. The lowest BCUT2D eigenvalue weighted by molar-refractivity contribution is 0.702. The van der Waals surface area contributed by atoms with E-state index in [0.717, 1.165) is 20.9 Å². The van der Waals surface area contributed by atoms with Gasteiger partial charge in [0.1, 0.15) is 0 Å². The Kier molecular flexibility index (Phi) is 3.61. The normalized spacial score (nSPS) is 11.5. The van der Waals surface area contributed by atoms with E-state index in [1.54, 1.807) is 11.6 Å². The molecule has 0 saturated carbocycles. The summed E-state index contributed by atoms with van der Waals surface area (Å²) in [6.07, 6.45) is 0. The number of halogens is 1. The van der Waals surface area contributed by atoms with Crippen molar-refractivity contribution >= 4 is 37.9 Å². The first-order valence-corrected chi connectivity index (χ1v) is 8.56. The quantitative estimate of drug-likeness (QED) is 0.487. The topological polar surface area (TPSA) is 61.8 Å². The highest BCUT2D eigenvalue weighted by atomic mass is 79.9. The van der Waals surface area contributed by atoms with Gasteiger partial charge < -0.3 is 4.57 Å². The molecule has 2 heterocycles. The summed E-state index contributed by atoms with van der Waals surface area (Å²) in [5.74, 6) is 0. The molecule has 4 aromatic rings. The van der Waals surface area contributed by atoms with Crippen molar-refractivity contribution in [1.82, 2.24) is 18.7 Å². The van der Waals surface area contributed by atoms with Crippen LogP contribution in [0.15, 0.2) is 56.8 Å². The van der Waals surface area contributed by atoms with Crippen LogP contribution in [0.1, 0.15) is 5.56 Å². The molecule has 0 atom stereocenters. The summed E-state index contributed by atoms with van der Waals surface area (Å²) in [6.45, 7) is 0.478. The van der Waals surface area contributed by atoms with Crippen LogP contribution in [0, 0.1) is 0 Å². The molecule has 6 nitrogen and oxygen atoms in total. The molecular formula is C18H15BrN4O2. The minimum absolute atomic E-state index is 0.350. The maximum absolute atomic E-state index is 12.7. The lowest BCUT2D eigenvalue weighted by Gasteiger charge is -2.10. The van der Waals surface area contributed by atoms with Crippen molar-refractivity contribution in [3.63, 3.8) is 0 Å². The Hall–Kier alpha value is -2.67. The number of fused-ring (bicyclic) bond motifs is 2. The minimum atomic E-state index is -0.389. The second kappa shape index (κ2) is 5.70. The summed E-state index contributed by atoms with van der Waals surface area (Å²) < 4.78 is 4.82. The molecule has 0 aliphatic carbocycles. The summed E-state index contributed by atoms with van der Waals surface area (Å²) >= 11 is 3.44. The van der Waals surface area contributed by atoms with Gasteiger partial charge in [0.25, 0.3) is 5.56 Å². The van der Waals surface area contributed by atoms with Crippen LogP contribution < -0.4 is 11.2 Å². The molecule has 0 aliphatic rings. The van der Waals surface area contributed by atoms with Gasteiger partial charge in [-0.2, -0.15) is 0 Å². The van der Waals surface area contributed by atoms with E-state index in [2.05, 4.69) is 39.1 Å². The average molecular weight is 399 g/mol. The van der Waals surface area contributed by atoms with Gasteiger partial charge in [-0.15, -0.1) is 0 Å². The number of hydrogen-bond donors (Lipinski definition) is 0.